The van der Waals surface area contributed by atoms with Gasteiger partial charge in [-0.25, -0.2) is 4.79 Å². The fraction of sp³-hybridized carbons (Fsp3) is 0.214. The predicted molar refractivity (Wildman–Crippen MR) is 64.3 cm³/mol. The molecule has 2 nitrogen and oxygen atoms in total. The Bertz CT molecular complexity index is 503. The van der Waals surface area contributed by atoms with E-state index in [0.717, 1.165) is 18.2 Å². The lowest BCUT2D eigenvalue weighted by Crippen LogP contribution is -1.92. The summed E-state index contributed by atoms with van der Waals surface area (Å²) >= 11 is 0. The van der Waals surface area contributed by atoms with E-state index in [9.17, 15) is 4.79 Å². The standard InChI is InChI=1S/C14H13O2/c1-2-5-11-8-13(16-10-15)9-12-6-3-4-7-14(11)12/h3-4,6-9H,2,5H2,1H3. The summed E-state index contributed by atoms with van der Waals surface area (Å²) in [4.78, 5) is 10.2. The second-order valence-corrected chi connectivity index (χ2v) is 3.74. The summed E-state index contributed by atoms with van der Waals surface area (Å²) in [6.07, 6.45) is 2.05. The third kappa shape index (κ3) is 2.06. The van der Waals surface area contributed by atoms with E-state index in [1.54, 1.807) is 0 Å². The minimum Gasteiger partial charge on any atom is -0.418 e. The number of rotatable bonds is 4. The molecule has 2 heteroatoms. The first kappa shape index (κ1) is 10.7. The van der Waals surface area contributed by atoms with Crippen molar-refractivity contribution in [3.63, 3.8) is 0 Å². The van der Waals surface area contributed by atoms with Crippen molar-refractivity contribution in [1.82, 2.24) is 0 Å². The van der Waals surface area contributed by atoms with Gasteiger partial charge in [-0.05, 0) is 34.9 Å². The maximum atomic E-state index is 10.2. The summed E-state index contributed by atoms with van der Waals surface area (Å²) < 4.78 is 4.80. The van der Waals surface area contributed by atoms with E-state index in [0.29, 0.717) is 5.75 Å². The first-order valence-corrected chi connectivity index (χ1v) is 5.41. The number of fused-ring (bicyclic) bond motifs is 1. The summed E-state index contributed by atoms with van der Waals surface area (Å²) in [7, 11) is 0. The van der Waals surface area contributed by atoms with Crippen molar-refractivity contribution in [3.05, 3.63) is 42.0 Å². The Morgan fingerprint density at radius 1 is 1.25 bits per heavy atom. The van der Waals surface area contributed by atoms with Crippen molar-refractivity contribution < 1.29 is 9.53 Å². The lowest BCUT2D eigenvalue weighted by molar-refractivity contribution is 0.443. The Labute approximate surface area is 94.8 Å². The van der Waals surface area contributed by atoms with Crippen LogP contribution < -0.4 is 4.74 Å². The molecule has 2 aromatic rings. The molecule has 0 heterocycles. The second-order valence-electron chi connectivity index (χ2n) is 3.74. The molecule has 0 bridgehead atoms. The Balaban J connectivity index is 2.58. The third-order valence-corrected chi connectivity index (χ3v) is 2.60. The van der Waals surface area contributed by atoms with Crippen LogP contribution in [0.5, 0.6) is 5.75 Å². The van der Waals surface area contributed by atoms with Crippen LogP contribution in [0.3, 0.4) is 0 Å². The average Bonchev–Trinajstić information content (AvgIpc) is 2.30. The van der Waals surface area contributed by atoms with E-state index in [1.807, 2.05) is 30.3 Å². The Kier molecular flexibility index (Phi) is 3.20. The van der Waals surface area contributed by atoms with E-state index in [2.05, 4.69) is 13.0 Å². The van der Waals surface area contributed by atoms with Gasteiger partial charge in [0.1, 0.15) is 5.75 Å². The van der Waals surface area contributed by atoms with Gasteiger partial charge in [0.2, 0.25) is 0 Å². The summed E-state index contributed by atoms with van der Waals surface area (Å²) in [5.74, 6) is 0.567. The maximum absolute atomic E-state index is 10.2. The van der Waals surface area contributed by atoms with Crippen molar-refractivity contribution >= 4 is 17.2 Å². The first-order chi connectivity index (χ1) is 7.85. The molecule has 16 heavy (non-hydrogen) atoms. The number of hydrogen-bond acceptors (Lipinski definition) is 2. The summed E-state index contributed by atoms with van der Waals surface area (Å²) in [5, 5.41) is 2.32. The molecule has 0 fully saturated rings. The Hall–Kier alpha value is -1.83. The van der Waals surface area contributed by atoms with Gasteiger partial charge in [-0.3, -0.25) is 0 Å². The minimum atomic E-state index is 0.567. The van der Waals surface area contributed by atoms with Crippen LogP contribution in [0, 0.1) is 0 Å². The molecule has 0 aliphatic carbocycles. The number of benzene rings is 2. The van der Waals surface area contributed by atoms with E-state index in [-0.39, 0.29) is 0 Å². The fourth-order valence-electron chi connectivity index (χ4n) is 1.94. The number of hydrogen-bond donors (Lipinski definition) is 0. The van der Waals surface area contributed by atoms with Gasteiger partial charge in [0, 0.05) is 0 Å². The Morgan fingerprint density at radius 3 is 2.81 bits per heavy atom. The van der Waals surface area contributed by atoms with Crippen LogP contribution in [0.2, 0.25) is 0 Å². The van der Waals surface area contributed by atoms with E-state index in [1.165, 1.54) is 17.4 Å². The van der Waals surface area contributed by atoms with Gasteiger partial charge in [0.25, 0.3) is 0 Å². The molecule has 0 aliphatic rings. The largest absolute Gasteiger partial charge is 0.423 e. The third-order valence-electron chi connectivity index (χ3n) is 2.60. The zero-order valence-corrected chi connectivity index (χ0v) is 9.19. The Morgan fingerprint density at radius 2 is 2.06 bits per heavy atom. The van der Waals surface area contributed by atoms with Crippen LogP contribution in [-0.2, 0) is 11.2 Å². The van der Waals surface area contributed by atoms with Gasteiger partial charge in [-0.1, -0.05) is 37.6 Å². The molecule has 0 saturated heterocycles. The average molecular weight is 213 g/mol. The van der Waals surface area contributed by atoms with Gasteiger partial charge in [-0.15, -0.1) is 0 Å². The molecule has 81 valence electrons. The van der Waals surface area contributed by atoms with Crippen molar-refractivity contribution in [2.24, 2.45) is 0 Å². The SMILES string of the molecule is CCCc1cc(O[C]=O)cc2ccccc12. The van der Waals surface area contributed by atoms with Crippen LogP contribution in [-0.4, -0.2) is 6.47 Å². The monoisotopic (exact) mass is 213 g/mol. The molecule has 0 atom stereocenters. The number of carbonyl (C=O) groups excluding carboxylic acids is 1. The van der Waals surface area contributed by atoms with Crippen LogP contribution in [0.15, 0.2) is 36.4 Å². The van der Waals surface area contributed by atoms with Crippen molar-refractivity contribution in [2.45, 2.75) is 19.8 Å². The van der Waals surface area contributed by atoms with Crippen LogP contribution >= 0.6 is 0 Å². The molecule has 0 N–H and O–H groups in total. The van der Waals surface area contributed by atoms with E-state index >= 15 is 0 Å². The van der Waals surface area contributed by atoms with Gasteiger partial charge in [-0.2, -0.15) is 0 Å². The smallest absolute Gasteiger partial charge is 0.418 e. The lowest BCUT2D eigenvalue weighted by Gasteiger charge is -2.07. The lowest BCUT2D eigenvalue weighted by atomic mass is 10.0. The minimum absolute atomic E-state index is 0.567. The molecule has 0 spiro atoms. The van der Waals surface area contributed by atoms with Crippen molar-refractivity contribution in [1.29, 1.82) is 0 Å². The summed E-state index contributed by atoms with van der Waals surface area (Å²) in [6.45, 7) is 3.60. The van der Waals surface area contributed by atoms with Crippen molar-refractivity contribution in [3.8, 4) is 5.75 Å². The molecular weight excluding hydrogens is 200 g/mol. The second kappa shape index (κ2) is 4.79. The zero-order chi connectivity index (χ0) is 11.4. The normalized spacial score (nSPS) is 10.3. The van der Waals surface area contributed by atoms with Gasteiger partial charge in [0.15, 0.2) is 0 Å². The quantitative estimate of drug-likeness (QED) is 0.779. The van der Waals surface area contributed by atoms with Gasteiger partial charge < -0.3 is 4.74 Å². The first-order valence-electron chi connectivity index (χ1n) is 5.41. The highest BCUT2D eigenvalue weighted by atomic mass is 16.5. The molecule has 2 rings (SSSR count). The molecule has 0 aromatic heterocycles. The molecule has 2 aromatic carbocycles. The van der Waals surface area contributed by atoms with E-state index < -0.39 is 0 Å². The maximum Gasteiger partial charge on any atom is 0.423 e. The molecule has 1 radical (unpaired) electrons. The molecule has 0 saturated carbocycles. The summed E-state index contributed by atoms with van der Waals surface area (Å²) in [5.41, 5.74) is 1.21. The summed E-state index contributed by atoms with van der Waals surface area (Å²) in [6, 6.07) is 11.9. The van der Waals surface area contributed by atoms with Gasteiger partial charge in [0.05, 0.1) is 0 Å². The zero-order valence-electron chi connectivity index (χ0n) is 9.19. The molecular formula is C14H13O2. The fourth-order valence-corrected chi connectivity index (χ4v) is 1.94. The topological polar surface area (TPSA) is 26.3 Å². The molecule has 0 aliphatic heterocycles. The van der Waals surface area contributed by atoms with Gasteiger partial charge >= 0.3 is 6.47 Å². The predicted octanol–water partition coefficient (Wildman–Crippen LogP) is 3.24. The molecule has 0 amide bonds. The number of ether oxygens (including phenoxy) is 1. The van der Waals surface area contributed by atoms with E-state index in [4.69, 9.17) is 4.74 Å². The van der Waals surface area contributed by atoms with Crippen molar-refractivity contribution in [2.75, 3.05) is 0 Å². The highest BCUT2D eigenvalue weighted by molar-refractivity contribution is 5.87. The molecule has 0 unspecified atom stereocenters. The number of aryl methyl sites for hydroxylation is 1. The van der Waals surface area contributed by atoms with Crippen LogP contribution in [0.1, 0.15) is 18.9 Å². The van der Waals surface area contributed by atoms with Crippen LogP contribution in [0.4, 0.5) is 0 Å². The highest BCUT2D eigenvalue weighted by Crippen LogP contribution is 2.26. The highest BCUT2D eigenvalue weighted by Gasteiger charge is 2.04. The van der Waals surface area contributed by atoms with Crippen LogP contribution in [0.25, 0.3) is 10.8 Å².